The van der Waals surface area contributed by atoms with Crippen molar-refractivity contribution >= 4 is 5.97 Å². The van der Waals surface area contributed by atoms with Gasteiger partial charge in [-0.05, 0) is 31.0 Å². The van der Waals surface area contributed by atoms with E-state index in [9.17, 15) is 18.0 Å². The molecule has 0 unspecified atom stereocenters. The molecule has 6 heteroatoms. The van der Waals surface area contributed by atoms with Gasteiger partial charge in [-0.1, -0.05) is 24.6 Å². The van der Waals surface area contributed by atoms with Gasteiger partial charge in [-0.25, -0.2) is 0 Å². The van der Waals surface area contributed by atoms with Crippen LogP contribution in [-0.4, -0.2) is 17.6 Å². The summed E-state index contributed by atoms with van der Waals surface area (Å²) in [7, 11) is 0. The predicted molar refractivity (Wildman–Crippen MR) is 69.3 cm³/mol. The smallest absolute Gasteiger partial charge is 0.416 e. The van der Waals surface area contributed by atoms with Crippen molar-refractivity contribution in [1.82, 2.24) is 5.32 Å². The third kappa shape index (κ3) is 6.56. The van der Waals surface area contributed by atoms with E-state index in [1.807, 2.05) is 0 Å². The SMILES string of the molecule is O=C(O)CCCCCNCc1cccc(C(F)(F)F)c1. The van der Waals surface area contributed by atoms with E-state index in [-0.39, 0.29) is 6.42 Å². The Morgan fingerprint density at radius 1 is 1.20 bits per heavy atom. The van der Waals surface area contributed by atoms with Crippen molar-refractivity contribution in [2.24, 2.45) is 0 Å². The van der Waals surface area contributed by atoms with E-state index in [0.29, 0.717) is 25.1 Å². The molecular weight excluding hydrogens is 271 g/mol. The van der Waals surface area contributed by atoms with Crippen LogP contribution in [0.3, 0.4) is 0 Å². The average molecular weight is 289 g/mol. The van der Waals surface area contributed by atoms with Crippen LogP contribution >= 0.6 is 0 Å². The zero-order valence-electron chi connectivity index (χ0n) is 11.0. The van der Waals surface area contributed by atoms with Gasteiger partial charge in [0, 0.05) is 13.0 Å². The van der Waals surface area contributed by atoms with Crippen LogP contribution in [0.25, 0.3) is 0 Å². The Morgan fingerprint density at radius 3 is 2.60 bits per heavy atom. The van der Waals surface area contributed by atoms with Crippen LogP contribution < -0.4 is 5.32 Å². The topological polar surface area (TPSA) is 49.3 Å². The Morgan fingerprint density at radius 2 is 1.95 bits per heavy atom. The average Bonchev–Trinajstić information content (AvgIpc) is 2.36. The van der Waals surface area contributed by atoms with Gasteiger partial charge in [0.15, 0.2) is 0 Å². The second-order valence-corrected chi connectivity index (χ2v) is 4.58. The van der Waals surface area contributed by atoms with E-state index in [2.05, 4.69) is 5.32 Å². The van der Waals surface area contributed by atoms with Gasteiger partial charge in [0.25, 0.3) is 0 Å². The molecule has 0 heterocycles. The first kappa shape index (κ1) is 16.5. The Kier molecular flexibility index (Phi) is 6.51. The van der Waals surface area contributed by atoms with Crippen LogP contribution in [0.4, 0.5) is 13.2 Å². The maximum atomic E-state index is 12.5. The van der Waals surface area contributed by atoms with Crippen LogP contribution in [0.1, 0.15) is 36.8 Å². The largest absolute Gasteiger partial charge is 0.481 e. The Bertz CT molecular complexity index is 433. The molecule has 0 spiro atoms. The third-order valence-electron chi connectivity index (χ3n) is 2.83. The monoisotopic (exact) mass is 289 g/mol. The Hall–Kier alpha value is -1.56. The number of carboxylic acid groups (broad SMARTS) is 1. The van der Waals surface area contributed by atoms with Gasteiger partial charge in [-0.3, -0.25) is 4.79 Å². The number of aliphatic carboxylic acids is 1. The summed E-state index contributed by atoms with van der Waals surface area (Å²) in [4.78, 5) is 10.3. The van der Waals surface area contributed by atoms with E-state index in [0.717, 1.165) is 25.0 Å². The maximum Gasteiger partial charge on any atom is 0.416 e. The first-order valence-corrected chi connectivity index (χ1v) is 6.48. The fourth-order valence-corrected chi connectivity index (χ4v) is 1.79. The molecule has 1 rings (SSSR count). The molecule has 0 aliphatic rings. The molecule has 0 bridgehead atoms. The van der Waals surface area contributed by atoms with Gasteiger partial charge in [0.1, 0.15) is 0 Å². The third-order valence-corrected chi connectivity index (χ3v) is 2.83. The van der Waals surface area contributed by atoms with E-state index in [1.165, 1.54) is 6.07 Å². The van der Waals surface area contributed by atoms with Gasteiger partial charge >= 0.3 is 12.1 Å². The quantitative estimate of drug-likeness (QED) is 0.721. The standard InChI is InChI=1S/C14H18F3NO2/c15-14(16,17)12-6-4-5-11(9-12)10-18-8-3-1-2-7-13(19)20/h4-6,9,18H,1-3,7-8,10H2,(H,19,20). The normalized spacial score (nSPS) is 11.6. The minimum absolute atomic E-state index is 0.160. The van der Waals surface area contributed by atoms with Crippen LogP contribution in [0.15, 0.2) is 24.3 Å². The predicted octanol–water partition coefficient (Wildman–Crippen LogP) is 3.44. The van der Waals surface area contributed by atoms with Crippen molar-refractivity contribution in [2.45, 2.75) is 38.4 Å². The summed E-state index contributed by atoms with van der Waals surface area (Å²) in [6, 6.07) is 5.23. The van der Waals surface area contributed by atoms with E-state index in [4.69, 9.17) is 5.11 Å². The molecule has 0 saturated heterocycles. The molecule has 0 radical (unpaired) electrons. The summed E-state index contributed by atoms with van der Waals surface area (Å²) < 4.78 is 37.5. The fourth-order valence-electron chi connectivity index (χ4n) is 1.79. The summed E-state index contributed by atoms with van der Waals surface area (Å²) in [5, 5.41) is 11.5. The molecule has 0 fully saturated rings. The van der Waals surface area contributed by atoms with Crippen molar-refractivity contribution in [2.75, 3.05) is 6.54 Å². The Labute approximate surface area is 115 Å². The molecule has 0 saturated carbocycles. The molecule has 3 nitrogen and oxygen atoms in total. The van der Waals surface area contributed by atoms with Gasteiger partial charge in [0.05, 0.1) is 5.56 Å². The molecule has 1 aromatic carbocycles. The van der Waals surface area contributed by atoms with Crippen molar-refractivity contribution in [1.29, 1.82) is 0 Å². The van der Waals surface area contributed by atoms with E-state index < -0.39 is 17.7 Å². The highest BCUT2D eigenvalue weighted by Gasteiger charge is 2.30. The van der Waals surface area contributed by atoms with Crippen molar-refractivity contribution < 1.29 is 23.1 Å². The lowest BCUT2D eigenvalue weighted by atomic mass is 10.1. The zero-order valence-corrected chi connectivity index (χ0v) is 11.0. The molecule has 0 aliphatic heterocycles. The highest BCUT2D eigenvalue weighted by molar-refractivity contribution is 5.66. The number of unbranched alkanes of at least 4 members (excludes halogenated alkanes) is 2. The zero-order chi connectivity index (χ0) is 15.0. The maximum absolute atomic E-state index is 12.5. The summed E-state index contributed by atoms with van der Waals surface area (Å²) >= 11 is 0. The van der Waals surface area contributed by atoms with Crippen molar-refractivity contribution in [3.63, 3.8) is 0 Å². The molecule has 0 aliphatic carbocycles. The summed E-state index contributed by atoms with van der Waals surface area (Å²) in [5.74, 6) is -0.804. The van der Waals surface area contributed by atoms with Crippen LogP contribution in [-0.2, 0) is 17.5 Å². The lowest BCUT2D eigenvalue weighted by Gasteiger charge is -2.09. The molecule has 0 amide bonds. The Balaban J connectivity index is 2.24. The van der Waals surface area contributed by atoms with Gasteiger partial charge < -0.3 is 10.4 Å². The second-order valence-electron chi connectivity index (χ2n) is 4.58. The number of hydrogen-bond donors (Lipinski definition) is 2. The number of rotatable bonds is 8. The van der Waals surface area contributed by atoms with E-state index >= 15 is 0 Å². The lowest BCUT2D eigenvalue weighted by Crippen LogP contribution is -2.15. The second kappa shape index (κ2) is 7.89. The highest BCUT2D eigenvalue weighted by Crippen LogP contribution is 2.29. The number of hydrogen-bond acceptors (Lipinski definition) is 2. The minimum Gasteiger partial charge on any atom is -0.481 e. The van der Waals surface area contributed by atoms with Crippen molar-refractivity contribution in [3.8, 4) is 0 Å². The number of carboxylic acids is 1. The first-order valence-electron chi connectivity index (χ1n) is 6.48. The van der Waals surface area contributed by atoms with Crippen LogP contribution in [0.2, 0.25) is 0 Å². The molecule has 0 atom stereocenters. The number of halogens is 3. The number of alkyl halides is 3. The van der Waals surface area contributed by atoms with Crippen LogP contribution in [0, 0.1) is 0 Å². The molecule has 1 aromatic rings. The molecule has 0 aromatic heterocycles. The minimum atomic E-state index is -4.31. The number of benzene rings is 1. The van der Waals surface area contributed by atoms with E-state index in [1.54, 1.807) is 6.07 Å². The first-order chi connectivity index (χ1) is 9.39. The number of nitrogens with one attached hydrogen (secondary N) is 1. The fraction of sp³-hybridized carbons (Fsp3) is 0.500. The summed E-state index contributed by atoms with van der Waals surface area (Å²) in [5.41, 5.74) is -0.0522. The molecule has 20 heavy (non-hydrogen) atoms. The van der Waals surface area contributed by atoms with Crippen LogP contribution in [0.5, 0.6) is 0 Å². The molecule has 2 N–H and O–H groups in total. The number of carbonyl (C=O) groups is 1. The summed E-state index contributed by atoms with van der Waals surface area (Å²) in [6.45, 7) is 1.04. The summed E-state index contributed by atoms with van der Waals surface area (Å²) in [6.07, 6.45) is -1.92. The molecular formula is C14H18F3NO2. The van der Waals surface area contributed by atoms with Gasteiger partial charge in [0.2, 0.25) is 0 Å². The van der Waals surface area contributed by atoms with Gasteiger partial charge in [-0.2, -0.15) is 13.2 Å². The lowest BCUT2D eigenvalue weighted by molar-refractivity contribution is -0.138. The highest BCUT2D eigenvalue weighted by atomic mass is 19.4. The van der Waals surface area contributed by atoms with Gasteiger partial charge in [-0.15, -0.1) is 0 Å². The molecule has 112 valence electrons. The van der Waals surface area contributed by atoms with Crippen molar-refractivity contribution in [3.05, 3.63) is 35.4 Å².